The standard InChI is InChI=1S/C24H27N3O3/c1-15-5-11-18(12-6-15)27-22(29)20-19(25-23(27)30)13-14-26(20)21(28)16-7-9-17(10-8-16)24(2,3)4/h5-12,19-20H,13-14H2,1-4H3,(H,25,30). The lowest BCUT2D eigenvalue weighted by Crippen LogP contribution is -2.65. The normalized spacial score (nSPS) is 21.5. The molecular weight excluding hydrogens is 378 g/mol. The van der Waals surface area contributed by atoms with Gasteiger partial charge in [0.2, 0.25) is 0 Å². The van der Waals surface area contributed by atoms with Gasteiger partial charge in [0.25, 0.3) is 11.8 Å². The van der Waals surface area contributed by atoms with Crippen LogP contribution in [0.1, 0.15) is 48.7 Å². The van der Waals surface area contributed by atoms with Gasteiger partial charge in [0.1, 0.15) is 6.04 Å². The first kappa shape index (κ1) is 20.1. The van der Waals surface area contributed by atoms with Crippen LogP contribution in [-0.2, 0) is 10.2 Å². The predicted molar refractivity (Wildman–Crippen MR) is 116 cm³/mol. The van der Waals surface area contributed by atoms with Crippen LogP contribution >= 0.6 is 0 Å². The number of fused-ring (bicyclic) bond motifs is 1. The van der Waals surface area contributed by atoms with Gasteiger partial charge in [-0.15, -0.1) is 0 Å². The van der Waals surface area contributed by atoms with Crippen molar-refractivity contribution in [1.29, 1.82) is 0 Å². The molecule has 4 amide bonds. The second kappa shape index (κ2) is 7.27. The van der Waals surface area contributed by atoms with Gasteiger partial charge in [-0.2, -0.15) is 0 Å². The molecule has 2 heterocycles. The van der Waals surface area contributed by atoms with Gasteiger partial charge in [-0.25, -0.2) is 9.69 Å². The number of anilines is 1. The lowest BCUT2D eigenvalue weighted by Gasteiger charge is -2.37. The monoisotopic (exact) mass is 405 g/mol. The molecule has 0 spiro atoms. The molecule has 156 valence electrons. The Bertz CT molecular complexity index is 990. The van der Waals surface area contributed by atoms with Crippen LogP contribution in [0.15, 0.2) is 48.5 Å². The molecule has 0 bridgehead atoms. The highest BCUT2D eigenvalue weighted by molar-refractivity contribution is 6.19. The molecule has 2 aliphatic rings. The average Bonchev–Trinajstić information content (AvgIpc) is 3.12. The van der Waals surface area contributed by atoms with E-state index < -0.39 is 12.1 Å². The summed E-state index contributed by atoms with van der Waals surface area (Å²) in [6.45, 7) is 8.75. The number of rotatable bonds is 2. The summed E-state index contributed by atoms with van der Waals surface area (Å²) in [4.78, 5) is 41.9. The summed E-state index contributed by atoms with van der Waals surface area (Å²) in [5.41, 5.74) is 3.24. The van der Waals surface area contributed by atoms with E-state index in [2.05, 4.69) is 26.1 Å². The van der Waals surface area contributed by atoms with E-state index in [9.17, 15) is 14.4 Å². The number of nitrogens with zero attached hydrogens (tertiary/aromatic N) is 2. The van der Waals surface area contributed by atoms with E-state index in [0.29, 0.717) is 24.2 Å². The number of nitrogens with one attached hydrogen (secondary N) is 1. The van der Waals surface area contributed by atoms with Gasteiger partial charge < -0.3 is 10.2 Å². The Labute approximate surface area is 176 Å². The Morgan fingerprint density at radius 1 is 1.00 bits per heavy atom. The lowest BCUT2D eigenvalue weighted by atomic mass is 9.86. The second-order valence-electron chi connectivity index (χ2n) is 9.12. The molecule has 0 aliphatic carbocycles. The van der Waals surface area contributed by atoms with Gasteiger partial charge in [0.05, 0.1) is 11.7 Å². The van der Waals surface area contributed by atoms with Crippen molar-refractivity contribution in [2.75, 3.05) is 11.4 Å². The van der Waals surface area contributed by atoms with Crippen LogP contribution in [0.3, 0.4) is 0 Å². The van der Waals surface area contributed by atoms with Gasteiger partial charge in [-0.3, -0.25) is 9.59 Å². The number of carbonyl (C=O) groups excluding carboxylic acids is 3. The smallest absolute Gasteiger partial charge is 0.329 e. The first-order chi connectivity index (χ1) is 14.2. The molecule has 2 saturated heterocycles. The summed E-state index contributed by atoms with van der Waals surface area (Å²) < 4.78 is 0. The number of amides is 4. The van der Waals surface area contributed by atoms with E-state index in [4.69, 9.17) is 0 Å². The lowest BCUT2D eigenvalue weighted by molar-refractivity contribution is -0.122. The van der Waals surface area contributed by atoms with E-state index in [1.807, 2.05) is 43.3 Å². The van der Waals surface area contributed by atoms with Gasteiger partial charge in [-0.1, -0.05) is 50.6 Å². The summed E-state index contributed by atoms with van der Waals surface area (Å²) in [6.07, 6.45) is 0.565. The van der Waals surface area contributed by atoms with Crippen molar-refractivity contribution in [2.45, 2.75) is 51.6 Å². The first-order valence-corrected chi connectivity index (χ1v) is 10.3. The van der Waals surface area contributed by atoms with Crippen molar-refractivity contribution in [2.24, 2.45) is 0 Å². The van der Waals surface area contributed by atoms with Crippen molar-refractivity contribution < 1.29 is 14.4 Å². The Kier molecular flexibility index (Phi) is 4.88. The molecule has 2 unspecified atom stereocenters. The zero-order chi connectivity index (χ0) is 21.6. The predicted octanol–water partition coefficient (Wildman–Crippen LogP) is 3.63. The highest BCUT2D eigenvalue weighted by atomic mass is 16.2. The molecule has 6 heteroatoms. The minimum absolute atomic E-state index is 0.00151. The zero-order valence-electron chi connectivity index (χ0n) is 17.8. The van der Waals surface area contributed by atoms with E-state index in [0.717, 1.165) is 16.0 Å². The third-order valence-corrected chi connectivity index (χ3v) is 5.93. The highest BCUT2D eigenvalue weighted by Gasteiger charge is 2.50. The fraction of sp³-hybridized carbons (Fsp3) is 0.375. The molecule has 2 atom stereocenters. The molecule has 6 nitrogen and oxygen atoms in total. The van der Waals surface area contributed by atoms with Gasteiger partial charge in [0, 0.05) is 12.1 Å². The molecule has 0 aromatic heterocycles. The van der Waals surface area contributed by atoms with Crippen molar-refractivity contribution in [3.05, 3.63) is 65.2 Å². The number of carbonyl (C=O) groups is 3. The molecule has 30 heavy (non-hydrogen) atoms. The maximum Gasteiger partial charge on any atom is 0.329 e. The quantitative estimate of drug-likeness (QED) is 0.829. The Hall–Kier alpha value is -3.15. The van der Waals surface area contributed by atoms with Crippen molar-refractivity contribution in [3.8, 4) is 0 Å². The highest BCUT2D eigenvalue weighted by Crippen LogP contribution is 2.30. The molecule has 2 fully saturated rings. The topological polar surface area (TPSA) is 69.7 Å². The van der Waals surface area contributed by atoms with E-state index in [-0.39, 0.29) is 23.3 Å². The second-order valence-corrected chi connectivity index (χ2v) is 9.12. The Balaban J connectivity index is 1.60. The minimum Gasteiger partial charge on any atom is -0.332 e. The van der Waals surface area contributed by atoms with Crippen LogP contribution in [0.5, 0.6) is 0 Å². The summed E-state index contributed by atoms with van der Waals surface area (Å²) in [5.74, 6) is -0.541. The summed E-state index contributed by atoms with van der Waals surface area (Å²) in [5, 5.41) is 2.91. The number of benzene rings is 2. The van der Waals surface area contributed by atoms with Crippen LogP contribution in [-0.4, -0.2) is 41.4 Å². The molecule has 2 aliphatic heterocycles. The summed E-state index contributed by atoms with van der Waals surface area (Å²) >= 11 is 0. The number of hydrogen-bond acceptors (Lipinski definition) is 3. The van der Waals surface area contributed by atoms with Crippen molar-refractivity contribution >= 4 is 23.5 Å². The molecule has 2 aromatic rings. The van der Waals surface area contributed by atoms with Crippen molar-refractivity contribution in [1.82, 2.24) is 10.2 Å². The maximum atomic E-state index is 13.3. The molecule has 4 rings (SSSR count). The fourth-order valence-corrected chi connectivity index (χ4v) is 4.15. The van der Waals surface area contributed by atoms with Crippen molar-refractivity contribution in [3.63, 3.8) is 0 Å². The molecular formula is C24H27N3O3. The third kappa shape index (κ3) is 3.47. The van der Waals surface area contributed by atoms with E-state index in [1.54, 1.807) is 17.0 Å². The fourth-order valence-electron chi connectivity index (χ4n) is 4.15. The summed E-state index contributed by atoms with van der Waals surface area (Å²) in [7, 11) is 0. The third-order valence-electron chi connectivity index (χ3n) is 5.93. The number of likely N-dealkylation sites (tertiary alicyclic amines) is 1. The largest absolute Gasteiger partial charge is 0.332 e. The van der Waals surface area contributed by atoms with Crippen LogP contribution in [0.4, 0.5) is 10.5 Å². The Morgan fingerprint density at radius 3 is 2.23 bits per heavy atom. The van der Waals surface area contributed by atoms with Crippen LogP contribution in [0.25, 0.3) is 0 Å². The van der Waals surface area contributed by atoms with E-state index in [1.165, 1.54) is 0 Å². The van der Waals surface area contributed by atoms with Crippen LogP contribution in [0, 0.1) is 6.92 Å². The molecule has 1 N–H and O–H groups in total. The zero-order valence-corrected chi connectivity index (χ0v) is 17.8. The number of hydrogen-bond donors (Lipinski definition) is 1. The molecule has 0 saturated carbocycles. The first-order valence-electron chi connectivity index (χ1n) is 10.3. The number of aryl methyl sites for hydroxylation is 1. The number of urea groups is 1. The number of imide groups is 1. The van der Waals surface area contributed by atoms with Crippen LogP contribution in [0.2, 0.25) is 0 Å². The van der Waals surface area contributed by atoms with Crippen LogP contribution < -0.4 is 10.2 Å². The van der Waals surface area contributed by atoms with Gasteiger partial charge in [-0.05, 0) is 48.6 Å². The molecule has 2 aromatic carbocycles. The molecule has 0 radical (unpaired) electrons. The maximum absolute atomic E-state index is 13.3. The SMILES string of the molecule is Cc1ccc(N2C(=O)NC3CCN(C(=O)c4ccc(C(C)(C)C)cc4)C3C2=O)cc1. The Morgan fingerprint density at radius 2 is 1.63 bits per heavy atom. The van der Waals surface area contributed by atoms with E-state index >= 15 is 0 Å². The van der Waals surface area contributed by atoms with Gasteiger partial charge >= 0.3 is 6.03 Å². The van der Waals surface area contributed by atoms with Gasteiger partial charge in [0.15, 0.2) is 0 Å². The summed E-state index contributed by atoms with van der Waals surface area (Å²) in [6, 6.07) is 13.3. The average molecular weight is 405 g/mol. The minimum atomic E-state index is -0.696.